The summed E-state index contributed by atoms with van der Waals surface area (Å²) < 4.78 is 2.82. The van der Waals surface area contributed by atoms with Crippen molar-refractivity contribution in [2.45, 2.75) is 0 Å². The number of aromatic nitrogens is 2. The fourth-order valence-corrected chi connectivity index (χ4v) is 1.75. The van der Waals surface area contributed by atoms with E-state index in [2.05, 4.69) is 0 Å². The zero-order valence-corrected chi connectivity index (χ0v) is 8.89. The zero-order valence-electron chi connectivity index (χ0n) is 8.89. The number of carbonyl (C=O) groups is 1. The molecule has 2 aromatic rings. The molecule has 1 heterocycles. The number of nitrogen functional groups attached to an aromatic ring is 1. The lowest BCUT2D eigenvalue weighted by atomic mass is 10.1. The van der Waals surface area contributed by atoms with Crippen LogP contribution in [0.5, 0.6) is 0 Å². The first-order valence-corrected chi connectivity index (χ1v) is 4.61. The van der Waals surface area contributed by atoms with E-state index in [1.165, 1.54) is 21.3 Å². The molecule has 6 nitrogen and oxygen atoms in total. The number of carboxylic acids is 1. The molecule has 1 aromatic heterocycles. The molecular formula is C10H11N3O3. The Bertz CT molecular complexity index is 651. The predicted molar refractivity (Wildman–Crippen MR) is 59.5 cm³/mol. The maximum atomic E-state index is 11.6. The third-order valence-electron chi connectivity index (χ3n) is 2.67. The van der Waals surface area contributed by atoms with Crippen LogP contribution in [0.2, 0.25) is 0 Å². The van der Waals surface area contributed by atoms with Crippen molar-refractivity contribution in [1.29, 1.82) is 0 Å². The van der Waals surface area contributed by atoms with Gasteiger partial charge in [0.2, 0.25) is 0 Å². The van der Waals surface area contributed by atoms with Crippen LogP contribution in [0.1, 0.15) is 10.4 Å². The Balaban J connectivity index is 2.96. The van der Waals surface area contributed by atoms with Crippen LogP contribution in [-0.2, 0) is 14.1 Å². The normalized spacial score (nSPS) is 10.9. The van der Waals surface area contributed by atoms with Gasteiger partial charge < -0.3 is 10.8 Å². The standard InChI is InChI=1S/C10H11N3O3/c1-12-7-3-5(9(14)15)6(11)4-8(7)13(2)10(12)16/h3-4H,11H2,1-2H3,(H,14,15). The number of hydrogen-bond donors (Lipinski definition) is 2. The van der Waals surface area contributed by atoms with Gasteiger partial charge in [-0.1, -0.05) is 0 Å². The minimum absolute atomic E-state index is 0.00806. The van der Waals surface area contributed by atoms with E-state index in [-0.39, 0.29) is 16.9 Å². The highest BCUT2D eigenvalue weighted by Crippen LogP contribution is 2.20. The molecule has 0 aliphatic heterocycles. The summed E-state index contributed by atoms with van der Waals surface area (Å²) in [5.74, 6) is -1.10. The molecule has 0 bridgehead atoms. The second kappa shape index (κ2) is 3.13. The number of nitrogens with zero attached hydrogens (tertiary/aromatic N) is 2. The van der Waals surface area contributed by atoms with E-state index in [9.17, 15) is 9.59 Å². The number of anilines is 1. The van der Waals surface area contributed by atoms with Crippen LogP contribution >= 0.6 is 0 Å². The van der Waals surface area contributed by atoms with E-state index in [1.807, 2.05) is 0 Å². The molecule has 0 saturated carbocycles. The van der Waals surface area contributed by atoms with Crippen LogP contribution in [0.3, 0.4) is 0 Å². The van der Waals surface area contributed by atoms with Gasteiger partial charge in [0.15, 0.2) is 0 Å². The van der Waals surface area contributed by atoms with Crippen LogP contribution in [0.25, 0.3) is 11.0 Å². The molecule has 0 atom stereocenters. The number of benzene rings is 1. The molecule has 0 fully saturated rings. The largest absolute Gasteiger partial charge is 0.478 e. The van der Waals surface area contributed by atoms with Crippen molar-refractivity contribution in [3.8, 4) is 0 Å². The average Bonchev–Trinajstić information content (AvgIpc) is 2.43. The van der Waals surface area contributed by atoms with Crippen molar-refractivity contribution < 1.29 is 9.90 Å². The summed E-state index contributed by atoms with van der Waals surface area (Å²) in [6.45, 7) is 0. The Morgan fingerprint density at radius 3 is 2.25 bits per heavy atom. The molecule has 0 saturated heterocycles. The summed E-state index contributed by atoms with van der Waals surface area (Å²) in [6, 6.07) is 2.91. The van der Waals surface area contributed by atoms with Crippen LogP contribution in [0, 0.1) is 0 Å². The number of rotatable bonds is 1. The van der Waals surface area contributed by atoms with Crippen LogP contribution in [0.15, 0.2) is 16.9 Å². The fourth-order valence-electron chi connectivity index (χ4n) is 1.75. The Labute approximate surface area is 90.5 Å². The molecule has 84 valence electrons. The number of aromatic carboxylic acids is 1. The number of nitrogens with two attached hydrogens (primary N) is 1. The van der Waals surface area contributed by atoms with Gasteiger partial charge in [-0.3, -0.25) is 9.13 Å². The smallest absolute Gasteiger partial charge is 0.337 e. The maximum absolute atomic E-state index is 11.6. The van der Waals surface area contributed by atoms with Gasteiger partial charge in [0.1, 0.15) is 0 Å². The first-order chi connectivity index (χ1) is 7.43. The highest BCUT2D eigenvalue weighted by molar-refractivity contribution is 5.98. The monoisotopic (exact) mass is 221 g/mol. The maximum Gasteiger partial charge on any atom is 0.337 e. The molecule has 16 heavy (non-hydrogen) atoms. The van der Waals surface area contributed by atoms with Gasteiger partial charge in [-0.15, -0.1) is 0 Å². The quantitative estimate of drug-likeness (QED) is 0.671. The minimum Gasteiger partial charge on any atom is -0.478 e. The lowest BCUT2D eigenvalue weighted by Crippen LogP contribution is -2.19. The van der Waals surface area contributed by atoms with Gasteiger partial charge in [-0.2, -0.15) is 0 Å². The zero-order chi connectivity index (χ0) is 12.0. The Morgan fingerprint density at radius 1 is 1.25 bits per heavy atom. The molecule has 3 N–H and O–H groups in total. The molecule has 0 radical (unpaired) electrons. The third-order valence-corrected chi connectivity index (χ3v) is 2.67. The number of fused-ring (bicyclic) bond motifs is 1. The van der Waals surface area contributed by atoms with Crippen molar-refractivity contribution in [3.05, 3.63) is 28.2 Å². The molecule has 0 aliphatic carbocycles. The van der Waals surface area contributed by atoms with Crippen LogP contribution < -0.4 is 11.4 Å². The molecule has 0 unspecified atom stereocenters. The van der Waals surface area contributed by atoms with Gasteiger partial charge in [-0.05, 0) is 12.1 Å². The van der Waals surface area contributed by atoms with E-state index in [4.69, 9.17) is 10.8 Å². The molecule has 0 spiro atoms. The second-order valence-electron chi connectivity index (χ2n) is 3.63. The van der Waals surface area contributed by atoms with Crippen LogP contribution in [0.4, 0.5) is 5.69 Å². The number of imidazole rings is 1. The van der Waals surface area contributed by atoms with Gasteiger partial charge in [0, 0.05) is 19.8 Å². The Kier molecular flexibility index (Phi) is 2.01. The van der Waals surface area contributed by atoms with Gasteiger partial charge in [0.05, 0.1) is 16.6 Å². The topological polar surface area (TPSA) is 90.2 Å². The number of aryl methyl sites for hydroxylation is 2. The van der Waals surface area contributed by atoms with Crippen molar-refractivity contribution in [2.24, 2.45) is 14.1 Å². The SMILES string of the molecule is Cn1c(=O)n(C)c2cc(C(=O)O)c(N)cc21. The molecule has 2 rings (SSSR count). The summed E-state index contributed by atoms with van der Waals surface area (Å²) in [6.07, 6.45) is 0. The van der Waals surface area contributed by atoms with Gasteiger partial charge >= 0.3 is 11.7 Å². The van der Waals surface area contributed by atoms with E-state index in [1.54, 1.807) is 14.1 Å². The number of carboxylic acid groups (broad SMARTS) is 1. The Morgan fingerprint density at radius 2 is 1.75 bits per heavy atom. The summed E-state index contributed by atoms with van der Waals surface area (Å²) >= 11 is 0. The summed E-state index contributed by atoms with van der Waals surface area (Å²) in [5.41, 5.74) is 6.74. The molecular weight excluding hydrogens is 210 g/mol. The van der Waals surface area contributed by atoms with Crippen molar-refractivity contribution in [1.82, 2.24) is 9.13 Å². The van der Waals surface area contributed by atoms with E-state index in [0.29, 0.717) is 11.0 Å². The van der Waals surface area contributed by atoms with E-state index >= 15 is 0 Å². The van der Waals surface area contributed by atoms with E-state index in [0.717, 1.165) is 0 Å². The lowest BCUT2D eigenvalue weighted by Gasteiger charge is -2.02. The average molecular weight is 221 g/mol. The molecule has 1 aromatic carbocycles. The summed E-state index contributed by atoms with van der Waals surface area (Å²) in [7, 11) is 3.21. The molecule has 0 amide bonds. The van der Waals surface area contributed by atoms with Gasteiger partial charge in [-0.25, -0.2) is 9.59 Å². The minimum atomic E-state index is -1.10. The highest BCUT2D eigenvalue weighted by Gasteiger charge is 2.14. The highest BCUT2D eigenvalue weighted by atomic mass is 16.4. The van der Waals surface area contributed by atoms with Crippen molar-refractivity contribution >= 4 is 22.7 Å². The third kappa shape index (κ3) is 1.19. The first kappa shape index (κ1) is 10.3. The first-order valence-electron chi connectivity index (χ1n) is 4.61. The lowest BCUT2D eigenvalue weighted by molar-refractivity contribution is 0.0698. The summed E-state index contributed by atoms with van der Waals surface area (Å²) in [5, 5.41) is 8.92. The fraction of sp³-hybridized carbons (Fsp3) is 0.200. The van der Waals surface area contributed by atoms with E-state index < -0.39 is 5.97 Å². The second-order valence-corrected chi connectivity index (χ2v) is 3.63. The Hall–Kier alpha value is -2.24. The molecule has 6 heteroatoms. The van der Waals surface area contributed by atoms with Gasteiger partial charge in [0.25, 0.3) is 0 Å². The van der Waals surface area contributed by atoms with Crippen molar-refractivity contribution in [3.63, 3.8) is 0 Å². The number of hydrogen-bond acceptors (Lipinski definition) is 3. The van der Waals surface area contributed by atoms with Crippen LogP contribution in [-0.4, -0.2) is 20.2 Å². The van der Waals surface area contributed by atoms with Crippen molar-refractivity contribution in [2.75, 3.05) is 5.73 Å². The predicted octanol–water partition coefficient (Wildman–Crippen LogP) is 0.157. The molecule has 0 aliphatic rings. The summed E-state index contributed by atoms with van der Waals surface area (Å²) in [4.78, 5) is 22.5.